The van der Waals surface area contributed by atoms with E-state index < -0.39 is 11.7 Å². The summed E-state index contributed by atoms with van der Waals surface area (Å²) in [4.78, 5) is 0. The molecule has 3 N–H and O–H groups in total. The van der Waals surface area contributed by atoms with Gasteiger partial charge < -0.3 is 11.1 Å². The predicted molar refractivity (Wildman–Crippen MR) is 56.9 cm³/mol. The molecule has 0 heterocycles. The van der Waals surface area contributed by atoms with Gasteiger partial charge in [-0.1, -0.05) is 18.2 Å². The summed E-state index contributed by atoms with van der Waals surface area (Å²) in [6, 6.07) is 5.21. The van der Waals surface area contributed by atoms with Crippen molar-refractivity contribution in [1.29, 1.82) is 0 Å². The molecule has 0 spiro atoms. The summed E-state index contributed by atoms with van der Waals surface area (Å²) in [5.41, 5.74) is 4.96. The quantitative estimate of drug-likeness (QED) is 0.836. The van der Waals surface area contributed by atoms with Gasteiger partial charge in [-0.3, -0.25) is 0 Å². The van der Waals surface area contributed by atoms with Gasteiger partial charge >= 0.3 is 6.18 Å². The highest BCUT2D eigenvalue weighted by Gasteiger charge is 2.33. The first kappa shape index (κ1) is 13.0. The van der Waals surface area contributed by atoms with E-state index in [0.717, 1.165) is 6.07 Å². The Balaban J connectivity index is 2.94. The lowest BCUT2D eigenvalue weighted by Crippen LogP contribution is -2.27. The Morgan fingerprint density at radius 1 is 1.31 bits per heavy atom. The molecule has 0 aliphatic heterocycles. The third-order valence-electron chi connectivity index (χ3n) is 2.33. The lowest BCUT2D eigenvalue weighted by atomic mass is 10.0. The smallest absolute Gasteiger partial charge is 0.329 e. The van der Waals surface area contributed by atoms with Crippen molar-refractivity contribution in [2.45, 2.75) is 19.1 Å². The van der Waals surface area contributed by atoms with E-state index in [0.29, 0.717) is 13.1 Å². The molecule has 1 unspecified atom stereocenters. The summed E-state index contributed by atoms with van der Waals surface area (Å²) in [6.07, 6.45) is -4.31. The fourth-order valence-corrected chi connectivity index (χ4v) is 1.54. The molecule has 0 saturated carbocycles. The molecule has 0 aromatic heterocycles. The largest absolute Gasteiger partial charge is 0.416 e. The van der Waals surface area contributed by atoms with Gasteiger partial charge in [-0.2, -0.15) is 13.2 Å². The Kier molecular flexibility index (Phi) is 4.32. The van der Waals surface area contributed by atoms with Crippen molar-refractivity contribution in [3.05, 3.63) is 35.4 Å². The molecule has 90 valence electrons. The molecule has 1 rings (SSSR count). The van der Waals surface area contributed by atoms with Crippen molar-refractivity contribution >= 4 is 0 Å². The van der Waals surface area contributed by atoms with Crippen LogP contribution in [-0.2, 0) is 6.18 Å². The van der Waals surface area contributed by atoms with Crippen LogP contribution in [0.15, 0.2) is 24.3 Å². The van der Waals surface area contributed by atoms with Crippen LogP contribution in [0.4, 0.5) is 13.2 Å². The van der Waals surface area contributed by atoms with Gasteiger partial charge in [-0.25, -0.2) is 0 Å². The minimum Gasteiger partial charge on any atom is -0.329 e. The molecule has 0 amide bonds. The van der Waals surface area contributed by atoms with E-state index in [-0.39, 0.29) is 11.6 Å². The van der Waals surface area contributed by atoms with Gasteiger partial charge in [0.05, 0.1) is 5.56 Å². The standard InChI is InChI=1S/C11H15F3N2/c1-8(16-7-6-15)9-4-2-3-5-10(9)11(12,13)14/h2-5,8,16H,6-7,15H2,1H3. The number of rotatable bonds is 4. The zero-order valence-electron chi connectivity index (χ0n) is 9.01. The molecule has 16 heavy (non-hydrogen) atoms. The molecule has 0 aliphatic rings. The van der Waals surface area contributed by atoms with E-state index in [4.69, 9.17) is 5.73 Å². The van der Waals surface area contributed by atoms with Gasteiger partial charge in [0, 0.05) is 19.1 Å². The molecule has 1 aromatic rings. The van der Waals surface area contributed by atoms with Gasteiger partial charge in [0.1, 0.15) is 0 Å². The Morgan fingerprint density at radius 2 is 1.94 bits per heavy atom. The number of nitrogens with one attached hydrogen (secondary N) is 1. The molecule has 5 heteroatoms. The Morgan fingerprint density at radius 3 is 2.50 bits per heavy atom. The maximum Gasteiger partial charge on any atom is 0.416 e. The second kappa shape index (κ2) is 5.32. The van der Waals surface area contributed by atoms with E-state index >= 15 is 0 Å². The van der Waals surface area contributed by atoms with Crippen LogP contribution in [0.5, 0.6) is 0 Å². The van der Waals surface area contributed by atoms with Gasteiger partial charge in [-0.05, 0) is 18.6 Å². The van der Waals surface area contributed by atoms with Gasteiger partial charge in [-0.15, -0.1) is 0 Å². The van der Waals surface area contributed by atoms with Crippen molar-refractivity contribution in [2.24, 2.45) is 5.73 Å². The first-order chi connectivity index (χ1) is 7.46. The molecule has 0 radical (unpaired) electrons. The summed E-state index contributed by atoms with van der Waals surface area (Å²) in [7, 11) is 0. The van der Waals surface area contributed by atoms with Crippen LogP contribution < -0.4 is 11.1 Å². The van der Waals surface area contributed by atoms with Crippen LogP contribution in [0.25, 0.3) is 0 Å². The van der Waals surface area contributed by atoms with Gasteiger partial charge in [0.2, 0.25) is 0 Å². The average molecular weight is 232 g/mol. The third-order valence-corrected chi connectivity index (χ3v) is 2.33. The number of benzene rings is 1. The van der Waals surface area contributed by atoms with Crippen LogP contribution in [0.3, 0.4) is 0 Å². The number of alkyl halides is 3. The first-order valence-corrected chi connectivity index (χ1v) is 5.06. The molecule has 0 fully saturated rings. The molecule has 1 aromatic carbocycles. The fraction of sp³-hybridized carbons (Fsp3) is 0.455. The maximum absolute atomic E-state index is 12.7. The van der Waals surface area contributed by atoms with Gasteiger partial charge in [0.25, 0.3) is 0 Å². The summed E-state index contributed by atoms with van der Waals surface area (Å²) in [6.45, 7) is 2.59. The summed E-state index contributed by atoms with van der Waals surface area (Å²) >= 11 is 0. The van der Waals surface area contributed by atoms with Crippen molar-refractivity contribution in [3.63, 3.8) is 0 Å². The van der Waals surface area contributed by atoms with E-state index in [9.17, 15) is 13.2 Å². The minimum absolute atomic E-state index is 0.253. The number of halogens is 3. The maximum atomic E-state index is 12.7. The van der Waals surface area contributed by atoms with E-state index in [1.54, 1.807) is 13.0 Å². The fourth-order valence-electron chi connectivity index (χ4n) is 1.54. The number of hydrogen-bond acceptors (Lipinski definition) is 2. The predicted octanol–water partition coefficient (Wildman–Crippen LogP) is 2.31. The highest BCUT2D eigenvalue weighted by molar-refractivity contribution is 5.31. The van der Waals surface area contributed by atoms with Crippen LogP contribution in [0.1, 0.15) is 24.1 Å². The molecule has 2 nitrogen and oxygen atoms in total. The summed E-state index contributed by atoms with van der Waals surface area (Å²) < 4.78 is 38.0. The van der Waals surface area contributed by atoms with Crippen molar-refractivity contribution in [1.82, 2.24) is 5.32 Å². The average Bonchev–Trinajstić information content (AvgIpc) is 2.24. The molecule has 0 bridgehead atoms. The van der Waals surface area contributed by atoms with Gasteiger partial charge in [0.15, 0.2) is 0 Å². The SMILES string of the molecule is CC(NCCN)c1ccccc1C(F)(F)F. The van der Waals surface area contributed by atoms with Crippen LogP contribution in [0, 0.1) is 0 Å². The van der Waals surface area contributed by atoms with Crippen LogP contribution in [-0.4, -0.2) is 13.1 Å². The summed E-state index contributed by atoms with van der Waals surface area (Å²) in [5.74, 6) is 0. The zero-order valence-corrected chi connectivity index (χ0v) is 9.01. The molecule has 0 aliphatic carbocycles. The summed E-state index contributed by atoms with van der Waals surface area (Å²) in [5, 5.41) is 2.94. The van der Waals surface area contributed by atoms with Crippen molar-refractivity contribution in [2.75, 3.05) is 13.1 Å². The van der Waals surface area contributed by atoms with Crippen molar-refractivity contribution < 1.29 is 13.2 Å². The van der Waals surface area contributed by atoms with Crippen molar-refractivity contribution in [3.8, 4) is 0 Å². The highest BCUT2D eigenvalue weighted by atomic mass is 19.4. The third kappa shape index (κ3) is 3.21. The first-order valence-electron chi connectivity index (χ1n) is 5.06. The Hall–Kier alpha value is -1.07. The lowest BCUT2D eigenvalue weighted by Gasteiger charge is -2.19. The molecule has 0 saturated heterocycles. The molecule has 1 atom stereocenters. The topological polar surface area (TPSA) is 38.0 Å². The molecular weight excluding hydrogens is 217 g/mol. The van der Waals surface area contributed by atoms with Crippen LogP contribution >= 0.6 is 0 Å². The Labute approximate surface area is 92.6 Å². The Bertz CT molecular complexity index is 336. The highest BCUT2D eigenvalue weighted by Crippen LogP contribution is 2.34. The molecular formula is C11H15F3N2. The number of hydrogen-bond donors (Lipinski definition) is 2. The normalized spacial score (nSPS) is 13.8. The monoisotopic (exact) mass is 232 g/mol. The van der Waals surface area contributed by atoms with E-state index in [1.807, 2.05) is 0 Å². The second-order valence-corrected chi connectivity index (χ2v) is 3.55. The van der Waals surface area contributed by atoms with Crippen LogP contribution in [0.2, 0.25) is 0 Å². The minimum atomic E-state index is -4.31. The van der Waals surface area contributed by atoms with E-state index in [1.165, 1.54) is 12.1 Å². The zero-order chi connectivity index (χ0) is 12.2. The second-order valence-electron chi connectivity index (χ2n) is 3.55. The number of nitrogens with two attached hydrogens (primary N) is 1. The van der Waals surface area contributed by atoms with E-state index in [2.05, 4.69) is 5.32 Å². The lowest BCUT2D eigenvalue weighted by molar-refractivity contribution is -0.138.